The third-order valence-electron chi connectivity index (χ3n) is 3.94. The molecule has 1 aliphatic rings. The second kappa shape index (κ2) is 5.63. The molecule has 0 aliphatic carbocycles. The summed E-state index contributed by atoms with van der Waals surface area (Å²) in [5, 5.41) is 9.28. The molecule has 1 atom stereocenters. The zero-order chi connectivity index (χ0) is 14.8. The van der Waals surface area contributed by atoms with Crippen LogP contribution in [0, 0.1) is 5.41 Å². The van der Waals surface area contributed by atoms with E-state index >= 15 is 0 Å². The lowest BCUT2D eigenvalue weighted by Crippen LogP contribution is -2.48. The number of likely N-dealkylation sites (tertiary alicyclic amines) is 1. The average Bonchev–Trinajstić information content (AvgIpc) is 2.46. The smallest absolute Gasteiger partial charge is 0.311 e. The normalized spacial score (nSPS) is 22.6. The second-order valence-electron chi connectivity index (χ2n) is 5.60. The van der Waals surface area contributed by atoms with Gasteiger partial charge in [-0.1, -0.05) is 12.1 Å². The van der Waals surface area contributed by atoms with Gasteiger partial charge in [-0.3, -0.25) is 9.59 Å². The molecule has 2 rings (SSSR count). The number of carboxylic acids is 1. The molecule has 3 N–H and O–H groups in total. The minimum Gasteiger partial charge on any atom is -0.481 e. The number of aliphatic carboxylic acids is 1. The van der Waals surface area contributed by atoms with Crippen LogP contribution in [0.2, 0.25) is 0 Å². The van der Waals surface area contributed by atoms with E-state index < -0.39 is 11.4 Å². The Kier molecular flexibility index (Phi) is 4.09. The van der Waals surface area contributed by atoms with Crippen LogP contribution >= 0.6 is 0 Å². The van der Waals surface area contributed by atoms with Crippen molar-refractivity contribution in [3.8, 4) is 0 Å². The molecule has 1 fully saturated rings. The number of amides is 1. The van der Waals surface area contributed by atoms with Crippen LogP contribution in [-0.4, -0.2) is 35.0 Å². The van der Waals surface area contributed by atoms with Crippen LogP contribution in [0.15, 0.2) is 24.3 Å². The average molecular weight is 276 g/mol. The number of nitrogens with zero attached hydrogens (tertiary/aromatic N) is 1. The number of piperidine rings is 1. The maximum Gasteiger partial charge on any atom is 0.311 e. The van der Waals surface area contributed by atoms with Crippen molar-refractivity contribution in [2.24, 2.45) is 11.1 Å². The van der Waals surface area contributed by atoms with E-state index in [-0.39, 0.29) is 12.5 Å². The summed E-state index contributed by atoms with van der Waals surface area (Å²) in [6.07, 6.45) is 1.33. The standard InChI is InChI=1S/C15H20N2O3/c1-15(14(19)20)7-2-8-17(10-15)13(18)12-5-3-11(9-16)4-6-12/h3-6H,2,7-10,16H2,1H3,(H,19,20). The molecule has 1 amide bonds. The van der Waals surface area contributed by atoms with E-state index in [2.05, 4.69) is 0 Å². The highest BCUT2D eigenvalue weighted by Gasteiger charge is 2.39. The first-order chi connectivity index (χ1) is 9.46. The number of hydrogen-bond donors (Lipinski definition) is 2. The largest absolute Gasteiger partial charge is 0.481 e. The van der Waals surface area contributed by atoms with Gasteiger partial charge in [0, 0.05) is 25.2 Å². The summed E-state index contributed by atoms with van der Waals surface area (Å²) in [4.78, 5) is 25.4. The minimum absolute atomic E-state index is 0.110. The third kappa shape index (κ3) is 2.82. The molecule has 0 aromatic heterocycles. The monoisotopic (exact) mass is 276 g/mol. The first kappa shape index (κ1) is 14.5. The van der Waals surface area contributed by atoms with Crippen molar-refractivity contribution in [3.05, 3.63) is 35.4 Å². The zero-order valence-electron chi connectivity index (χ0n) is 11.6. The Bertz CT molecular complexity index is 512. The van der Waals surface area contributed by atoms with E-state index in [1.165, 1.54) is 0 Å². The molecule has 20 heavy (non-hydrogen) atoms. The Labute approximate surface area is 118 Å². The molecule has 0 bridgehead atoms. The maximum atomic E-state index is 12.4. The van der Waals surface area contributed by atoms with Crippen molar-refractivity contribution in [2.45, 2.75) is 26.3 Å². The number of hydrogen-bond acceptors (Lipinski definition) is 3. The summed E-state index contributed by atoms with van der Waals surface area (Å²) in [6.45, 7) is 3.02. The fourth-order valence-electron chi connectivity index (χ4n) is 2.55. The summed E-state index contributed by atoms with van der Waals surface area (Å²) in [5.74, 6) is -0.950. The fourth-order valence-corrected chi connectivity index (χ4v) is 2.55. The lowest BCUT2D eigenvalue weighted by atomic mass is 9.82. The lowest BCUT2D eigenvalue weighted by Gasteiger charge is -2.37. The molecule has 1 heterocycles. The van der Waals surface area contributed by atoms with Gasteiger partial charge in [0.25, 0.3) is 5.91 Å². The van der Waals surface area contributed by atoms with Gasteiger partial charge in [0.05, 0.1) is 5.41 Å². The second-order valence-corrected chi connectivity index (χ2v) is 5.60. The molecular weight excluding hydrogens is 256 g/mol. The van der Waals surface area contributed by atoms with Crippen molar-refractivity contribution in [3.63, 3.8) is 0 Å². The van der Waals surface area contributed by atoms with Crippen molar-refractivity contribution in [1.29, 1.82) is 0 Å². The highest BCUT2D eigenvalue weighted by atomic mass is 16.4. The summed E-state index contributed by atoms with van der Waals surface area (Å²) in [7, 11) is 0. The van der Waals surface area contributed by atoms with E-state index in [0.29, 0.717) is 25.1 Å². The topological polar surface area (TPSA) is 83.6 Å². The zero-order valence-corrected chi connectivity index (χ0v) is 11.6. The van der Waals surface area contributed by atoms with E-state index in [1.807, 2.05) is 12.1 Å². The lowest BCUT2D eigenvalue weighted by molar-refractivity contribution is -0.150. The molecule has 0 saturated carbocycles. The number of carbonyl (C=O) groups is 2. The van der Waals surface area contributed by atoms with Gasteiger partial charge in [-0.15, -0.1) is 0 Å². The quantitative estimate of drug-likeness (QED) is 0.875. The van der Waals surface area contributed by atoms with Crippen LogP contribution in [0.3, 0.4) is 0 Å². The van der Waals surface area contributed by atoms with Gasteiger partial charge >= 0.3 is 5.97 Å². The summed E-state index contributed by atoms with van der Waals surface area (Å²) in [6, 6.07) is 7.15. The number of benzene rings is 1. The molecule has 5 heteroatoms. The summed E-state index contributed by atoms with van der Waals surface area (Å²) < 4.78 is 0. The van der Waals surface area contributed by atoms with Gasteiger partial charge in [-0.05, 0) is 37.5 Å². The molecule has 1 aliphatic heterocycles. The molecule has 5 nitrogen and oxygen atoms in total. The van der Waals surface area contributed by atoms with E-state index in [0.717, 1.165) is 12.0 Å². The van der Waals surface area contributed by atoms with Gasteiger partial charge in [0.2, 0.25) is 0 Å². The van der Waals surface area contributed by atoms with Crippen molar-refractivity contribution >= 4 is 11.9 Å². The third-order valence-corrected chi connectivity index (χ3v) is 3.94. The number of carbonyl (C=O) groups excluding carboxylic acids is 1. The molecule has 1 saturated heterocycles. The molecular formula is C15H20N2O3. The SMILES string of the molecule is CC1(C(=O)O)CCCN(C(=O)c2ccc(CN)cc2)C1. The Morgan fingerprint density at radius 1 is 1.35 bits per heavy atom. The predicted molar refractivity (Wildman–Crippen MR) is 75.2 cm³/mol. The summed E-state index contributed by atoms with van der Waals surface area (Å²) >= 11 is 0. The van der Waals surface area contributed by atoms with Crippen LogP contribution in [0.25, 0.3) is 0 Å². The van der Waals surface area contributed by atoms with Crippen molar-refractivity contribution < 1.29 is 14.7 Å². The van der Waals surface area contributed by atoms with Gasteiger partial charge in [-0.25, -0.2) is 0 Å². The highest BCUT2D eigenvalue weighted by molar-refractivity contribution is 5.94. The van der Waals surface area contributed by atoms with Crippen LogP contribution in [0.1, 0.15) is 35.7 Å². The van der Waals surface area contributed by atoms with Crippen LogP contribution in [0.5, 0.6) is 0 Å². The Morgan fingerprint density at radius 3 is 2.55 bits per heavy atom. The molecule has 108 valence electrons. The van der Waals surface area contributed by atoms with Crippen LogP contribution < -0.4 is 5.73 Å². The highest BCUT2D eigenvalue weighted by Crippen LogP contribution is 2.30. The fraction of sp³-hybridized carbons (Fsp3) is 0.467. The van der Waals surface area contributed by atoms with E-state index in [4.69, 9.17) is 5.73 Å². The number of rotatable bonds is 3. The van der Waals surface area contributed by atoms with Crippen LogP contribution in [-0.2, 0) is 11.3 Å². The van der Waals surface area contributed by atoms with Crippen LogP contribution in [0.4, 0.5) is 0 Å². The Morgan fingerprint density at radius 2 is 2.00 bits per heavy atom. The van der Waals surface area contributed by atoms with Gasteiger partial charge in [0.15, 0.2) is 0 Å². The molecule has 0 spiro atoms. The van der Waals surface area contributed by atoms with E-state index in [9.17, 15) is 14.7 Å². The molecule has 1 aromatic rings. The van der Waals surface area contributed by atoms with Crippen molar-refractivity contribution in [1.82, 2.24) is 4.90 Å². The predicted octanol–water partition coefficient (Wildman–Crippen LogP) is 1.47. The Hall–Kier alpha value is -1.88. The number of carboxylic acid groups (broad SMARTS) is 1. The maximum absolute atomic E-state index is 12.4. The first-order valence-corrected chi connectivity index (χ1v) is 6.78. The Balaban J connectivity index is 2.14. The molecule has 1 aromatic carbocycles. The molecule has 0 radical (unpaired) electrons. The van der Waals surface area contributed by atoms with Gasteiger partial charge in [-0.2, -0.15) is 0 Å². The summed E-state index contributed by atoms with van der Waals surface area (Å²) in [5.41, 5.74) is 6.23. The van der Waals surface area contributed by atoms with Crippen molar-refractivity contribution in [2.75, 3.05) is 13.1 Å². The number of nitrogens with two attached hydrogens (primary N) is 1. The van der Waals surface area contributed by atoms with Gasteiger partial charge < -0.3 is 15.7 Å². The minimum atomic E-state index is -0.842. The molecule has 1 unspecified atom stereocenters. The van der Waals surface area contributed by atoms with Gasteiger partial charge in [0.1, 0.15) is 0 Å². The van der Waals surface area contributed by atoms with E-state index in [1.54, 1.807) is 24.0 Å². The first-order valence-electron chi connectivity index (χ1n) is 6.78.